The van der Waals surface area contributed by atoms with Crippen LogP contribution < -0.4 is 5.73 Å². The lowest BCUT2D eigenvalue weighted by atomic mass is 9.79. The van der Waals surface area contributed by atoms with Gasteiger partial charge in [0, 0.05) is 11.1 Å². The van der Waals surface area contributed by atoms with Crippen LogP contribution in [0.4, 0.5) is 0 Å². The Morgan fingerprint density at radius 2 is 1.75 bits per heavy atom. The highest BCUT2D eigenvalue weighted by atomic mass is 35.5. The van der Waals surface area contributed by atoms with E-state index in [1.54, 1.807) is 24.3 Å². The molecule has 112 valence electrons. The van der Waals surface area contributed by atoms with Crippen molar-refractivity contribution in [1.29, 1.82) is 0 Å². The van der Waals surface area contributed by atoms with E-state index >= 15 is 0 Å². The fraction of sp³-hybridized carbons (Fsp3) is 0.533. The molecule has 0 aromatic heterocycles. The molecule has 0 spiro atoms. The number of carbonyl (C=O) groups is 1. The molecule has 1 aromatic rings. The molecule has 2 atom stereocenters. The van der Waals surface area contributed by atoms with Crippen LogP contribution in [0.3, 0.4) is 0 Å². The van der Waals surface area contributed by atoms with E-state index in [1.165, 1.54) is 6.42 Å². The predicted octanol–water partition coefficient (Wildman–Crippen LogP) is 1.97. The molecular formula is C15H22ClNO3. The zero-order valence-electron chi connectivity index (χ0n) is 11.4. The van der Waals surface area contributed by atoms with Crippen LogP contribution in [-0.4, -0.2) is 22.6 Å². The third-order valence-corrected chi connectivity index (χ3v) is 4.06. The van der Waals surface area contributed by atoms with Gasteiger partial charge in [0.25, 0.3) is 0 Å². The molecule has 1 fully saturated rings. The van der Waals surface area contributed by atoms with E-state index in [2.05, 4.69) is 0 Å². The number of aliphatic hydroxyl groups is 2. The van der Waals surface area contributed by atoms with Crippen molar-refractivity contribution in [2.24, 2.45) is 11.7 Å². The maximum Gasteiger partial charge on any atom is 0.166 e. The van der Waals surface area contributed by atoms with Gasteiger partial charge in [0.2, 0.25) is 0 Å². The lowest BCUT2D eigenvalue weighted by Crippen LogP contribution is -2.51. The first-order valence-electron chi connectivity index (χ1n) is 6.80. The fourth-order valence-corrected chi connectivity index (χ4v) is 2.81. The lowest BCUT2D eigenvalue weighted by Gasteiger charge is -2.36. The van der Waals surface area contributed by atoms with E-state index in [-0.39, 0.29) is 18.3 Å². The molecule has 0 aliphatic heterocycles. The minimum absolute atomic E-state index is 0. The van der Waals surface area contributed by atoms with Gasteiger partial charge in [-0.15, -0.1) is 12.4 Å². The number of nitrogens with two attached hydrogens (primary N) is 1. The molecule has 5 heteroatoms. The smallest absolute Gasteiger partial charge is 0.166 e. The topological polar surface area (TPSA) is 83.5 Å². The number of halogens is 1. The van der Waals surface area contributed by atoms with Crippen LogP contribution >= 0.6 is 12.4 Å². The highest BCUT2D eigenvalue weighted by molar-refractivity contribution is 5.85. The average Bonchev–Trinajstić information content (AvgIpc) is 2.47. The molecule has 1 saturated carbocycles. The molecule has 0 unspecified atom stereocenters. The molecule has 1 aliphatic carbocycles. The van der Waals surface area contributed by atoms with Crippen molar-refractivity contribution in [3.05, 3.63) is 35.4 Å². The summed E-state index contributed by atoms with van der Waals surface area (Å²) in [5.41, 5.74) is 5.12. The van der Waals surface area contributed by atoms with Crippen molar-refractivity contribution < 1.29 is 15.0 Å². The Morgan fingerprint density at radius 3 is 2.25 bits per heavy atom. The summed E-state index contributed by atoms with van der Waals surface area (Å²) in [4.78, 5) is 10.6. The molecule has 0 heterocycles. The summed E-state index contributed by atoms with van der Waals surface area (Å²) in [6.45, 7) is 0. The number of carbonyl (C=O) groups excluding carboxylic acids is 1. The van der Waals surface area contributed by atoms with Crippen molar-refractivity contribution in [1.82, 2.24) is 0 Å². The average molecular weight is 300 g/mol. The van der Waals surface area contributed by atoms with Crippen LogP contribution in [0.15, 0.2) is 24.3 Å². The van der Waals surface area contributed by atoms with E-state index in [9.17, 15) is 15.0 Å². The van der Waals surface area contributed by atoms with Gasteiger partial charge < -0.3 is 10.2 Å². The largest absolute Gasteiger partial charge is 0.388 e. The van der Waals surface area contributed by atoms with Crippen LogP contribution in [0.1, 0.15) is 48.0 Å². The molecule has 0 bridgehead atoms. The quantitative estimate of drug-likeness (QED) is 0.586. The minimum atomic E-state index is -1.76. The number of hydrogen-bond acceptors (Lipinski definition) is 4. The van der Waals surface area contributed by atoms with E-state index in [1.807, 2.05) is 0 Å². The van der Waals surface area contributed by atoms with Gasteiger partial charge >= 0.3 is 0 Å². The van der Waals surface area contributed by atoms with Gasteiger partial charge in [0.1, 0.15) is 12.4 Å². The van der Waals surface area contributed by atoms with E-state index < -0.39 is 11.8 Å². The molecule has 0 saturated heterocycles. The van der Waals surface area contributed by atoms with Crippen LogP contribution in [0, 0.1) is 5.92 Å². The Morgan fingerprint density at radius 1 is 1.20 bits per heavy atom. The van der Waals surface area contributed by atoms with Crippen molar-refractivity contribution >= 4 is 18.7 Å². The van der Waals surface area contributed by atoms with Crippen molar-refractivity contribution in [3.63, 3.8) is 0 Å². The molecule has 1 aromatic carbocycles. The summed E-state index contributed by atoms with van der Waals surface area (Å²) in [7, 11) is 0. The van der Waals surface area contributed by atoms with Crippen LogP contribution in [-0.2, 0) is 5.72 Å². The lowest BCUT2D eigenvalue weighted by molar-refractivity contribution is -0.109. The normalized spacial score (nSPS) is 20.6. The second kappa shape index (κ2) is 7.18. The minimum Gasteiger partial charge on any atom is -0.388 e. The number of aldehydes is 1. The zero-order valence-corrected chi connectivity index (χ0v) is 12.2. The maximum atomic E-state index is 10.6. The number of rotatable bonds is 4. The summed E-state index contributed by atoms with van der Waals surface area (Å²) in [6.07, 6.45) is 4.87. The van der Waals surface area contributed by atoms with Gasteiger partial charge in [-0.3, -0.25) is 10.5 Å². The Bertz CT molecular complexity index is 427. The number of hydrogen-bond donors (Lipinski definition) is 3. The highest BCUT2D eigenvalue weighted by Gasteiger charge is 2.38. The predicted molar refractivity (Wildman–Crippen MR) is 79.7 cm³/mol. The van der Waals surface area contributed by atoms with E-state index in [0.717, 1.165) is 32.0 Å². The Hall–Kier alpha value is -0.940. The molecular weight excluding hydrogens is 278 g/mol. The van der Waals surface area contributed by atoms with Crippen LogP contribution in [0.25, 0.3) is 0 Å². The molecule has 20 heavy (non-hydrogen) atoms. The SMILES string of the molecule is Cl.N[C@@](O)(c1ccc(C=O)cc1)[C@H](O)C1CCCCC1. The number of benzene rings is 1. The molecule has 4 N–H and O–H groups in total. The summed E-state index contributed by atoms with van der Waals surface area (Å²) >= 11 is 0. The third kappa shape index (κ3) is 3.58. The van der Waals surface area contributed by atoms with Gasteiger partial charge in [-0.2, -0.15) is 0 Å². The summed E-state index contributed by atoms with van der Waals surface area (Å²) in [6, 6.07) is 6.37. The number of aliphatic hydroxyl groups excluding tert-OH is 1. The van der Waals surface area contributed by atoms with Gasteiger partial charge in [-0.05, 0) is 18.8 Å². The van der Waals surface area contributed by atoms with Crippen LogP contribution in [0.5, 0.6) is 0 Å². The maximum absolute atomic E-state index is 10.6. The summed E-state index contributed by atoms with van der Waals surface area (Å²) in [5, 5.41) is 20.7. The second-order valence-corrected chi connectivity index (χ2v) is 5.41. The Kier molecular flexibility index (Phi) is 6.14. The summed E-state index contributed by atoms with van der Waals surface area (Å²) < 4.78 is 0. The monoisotopic (exact) mass is 299 g/mol. The second-order valence-electron chi connectivity index (χ2n) is 5.41. The molecule has 0 amide bonds. The van der Waals surface area contributed by atoms with Gasteiger partial charge in [0.05, 0.1) is 0 Å². The fourth-order valence-electron chi connectivity index (χ4n) is 2.81. The first-order valence-corrected chi connectivity index (χ1v) is 6.80. The van der Waals surface area contributed by atoms with Gasteiger partial charge in [-0.1, -0.05) is 43.5 Å². The molecule has 2 rings (SSSR count). The van der Waals surface area contributed by atoms with Crippen molar-refractivity contribution in [3.8, 4) is 0 Å². The molecule has 1 aliphatic rings. The Labute approximate surface area is 125 Å². The highest BCUT2D eigenvalue weighted by Crippen LogP contribution is 2.33. The third-order valence-electron chi connectivity index (χ3n) is 4.06. The first kappa shape index (κ1) is 17.1. The molecule has 4 nitrogen and oxygen atoms in total. The standard InChI is InChI=1S/C15H21NO3.ClH/c16-15(19,13-8-6-11(10-17)7-9-13)14(18)12-4-2-1-3-5-12;/h6-10,12,14,18-19H,1-5,16H2;1H/t14-,15-;/m1./s1. The van der Waals surface area contributed by atoms with E-state index in [0.29, 0.717) is 11.1 Å². The first-order chi connectivity index (χ1) is 9.05. The van der Waals surface area contributed by atoms with Crippen molar-refractivity contribution in [2.75, 3.05) is 0 Å². The van der Waals surface area contributed by atoms with Crippen LogP contribution in [0.2, 0.25) is 0 Å². The molecule has 0 radical (unpaired) electrons. The van der Waals surface area contributed by atoms with Crippen molar-refractivity contribution in [2.45, 2.75) is 43.9 Å². The van der Waals surface area contributed by atoms with Gasteiger partial charge in [-0.25, -0.2) is 0 Å². The van der Waals surface area contributed by atoms with Gasteiger partial charge in [0.15, 0.2) is 5.72 Å². The zero-order chi connectivity index (χ0) is 13.9. The van der Waals surface area contributed by atoms with E-state index in [4.69, 9.17) is 5.73 Å². The summed E-state index contributed by atoms with van der Waals surface area (Å²) in [5.74, 6) is 0.0366. The Balaban J connectivity index is 0.00000200.